The van der Waals surface area contributed by atoms with Crippen LogP contribution < -0.4 is 5.32 Å². The van der Waals surface area contributed by atoms with E-state index >= 15 is 0 Å². The summed E-state index contributed by atoms with van der Waals surface area (Å²) in [6, 6.07) is 3.46. The number of hydrogen-bond acceptors (Lipinski definition) is 3. The standard InChI is InChI=1S/C13H21BrN2S/c1-3-4-11-8-16(10(2)7-15-11)9-13-12(14)5-6-17-13/h5-6,10-11,15H,3-4,7-9H2,1-2H3. The van der Waals surface area contributed by atoms with E-state index in [9.17, 15) is 0 Å². The molecule has 1 aromatic heterocycles. The van der Waals surface area contributed by atoms with E-state index in [4.69, 9.17) is 0 Å². The van der Waals surface area contributed by atoms with Crippen LogP contribution in [-0.4, -0.2) is 30.1 Å². The summed E-state index contributed by atoms with van der Waals surface area (Å²) < 4.78 is 1.26. The third-order valence-electron chi connectivity index (χ3n) is 3.46. The molecule has 17 heavy (non-hydrogen) atoms. The molecule has 2 unspecified atom stereocenters. The van der Waals surface area contributed by atoms with E-state index in [0.29, 0.717) is 12.1 Å². The van der Waals surface area contributed by atoms with Crippen molar-refractivity contribution in [2.45, 2.75) is 45.3 Å². The predicted molar refractivity (Wildman–Crippen MR) is 78.6 cm³/mol. The van der Waals surface area contributed by atoms with Crippen molar-refractivity contribution in [2.24, 2.45) is 0 Å². The van der Waals surface area contributed by atoms with Crippen molar-refractivity contribution in [3.05, 3.63) is 20.8 Å². The Morgan fingerprint density at radius 1 is 1.59 bits per heavy atom. The molecule has 2 atom stereocenters. The molecule has 1 aliphatic heterocycles. The van der Waals surface area contributed by atoms with Gasteiger partial charge in [0.15, 0.2) is 0 Å². The summed E-state index contributed by atoms with van der Waals surface area (Å²) in [7, 11) is 0. The third-order valence-corrected chi connectivity index (χ3v) is 5.37. The molecule has 0 radical (unpaired) electrons. The lowest BCUT2D eigenvalue weighted by Gasteiger charge is -2.38. The second-order valence-electron chi connectivity index (χ2n) is 4.86. The van der Waals surface area contributed by atoms with Crippen LogP contribution in [0.4, 0.5) is 0 Å². The lowest BCUT2D eigenvalue weighted by atomic mass is 10.1. The van der Waals surface area contributed by atoms with Crippen molar-refractivity contribution in [1.29, 1.82) is 0 Å². The summed E-state index contributed by atoms with van der Waals surface area (Å²) in [6.07, 6.45) is 2.55. The van der Waals surface area contributed by atoms with Crippen LogP contribution >= 0.6 is 27.3 Å². The van der Waals surface area contributed by atoms with E-state index in [2.05, 4.69) is 51.4 Å². The topological polar surface area (TPSA) is 15.3 Å². The number of halogens is 1. The van der Waals surface area contributed by atoms with E-state index < -0.39 is 0 Å². The summed E-state index contributed by atoms with van der Waals surface area (Å²) in [6.45, 7) is 7.96. The fourth-order valence-electron chi connectivity index (χ4n) is 2.38. The maximum absolute atomic E-state index is 3.64. The first-order chi connectivity index (χ1) is 8.20. The normalized spacial score (nSPS) is 26.3. The van der Waals surface area contributed by atoms with Crippen molar-refractivity contribution < 1.29 is 0 Å². The zero-order valence-electron chi connectivity index (χ0n) is 10.6. The van der Waals surface area contributed by atoms with Gasteiger partial charge in [0.05, 0.1) is 0 Å². The van der Waals surface area contributed by atoms with Gasteiger partial charge >= 0.3 is 0 Å². The molecule has 1 fully saturated rings. The van der Waals surface area contributed by atoms with Gasteiger partial charge in [0, 0.05) is 41.1 Å². The molecule has 1 saturated heterocycles. The van der Waals surface area contributed by atoms with Crippen LogP contribution in [-0.2, 0) is 6.54 Å². The molecular weight excluding hydrogens is 296 g/mol. The quantitative estimate of drug-likeness (QED) is 0.915. The predicted octanol–water partition coefficient (Wildman–Crippen LogP) is 3.47. The van der Waals surface area contributed by atoms with Gasteiger partial charge in [0.1, 0.15) is 0 Å². The van der Waals surface area contributed by atoms with Gasteiger partial charge in [0.2, 0.25) is 0 Å². The molecule has 96 valence electrons. The number of nitrogens with zero attached hydrogens (tertiary/aromatic N) is 1. The number of nitrogens with one attached hydrogen (secondary N) is 1. The van der Waals surface area contributed by atoms with Gasteiger partial charge in [0.25, 0.3) is 0 Å². The van der Waals surface area contributed by atoms with Crippen molar-refractivity contribution in [2.75, 3.05) is 13.1 Å². The summed E-state index contributed by atoms with van der Waals surface area (Å²) >= 11 is 5.48. The van der Waals surface area contributed by atoms with E-state index in [1.807, 2.05) is 11.3 Å². The van der Waals surface area contributed by atoms with Crippen molar-refractivity contribution >= 4 is 27.3 Å². The molecule has 1 aromatic rings. The van der Waals surface area contributed by atoms with Crippen LogP contribution in [0.5, 0.6) is 0 Å². The zero-order chi connectivity index (χ0) is 12.3. The molecule has 0 spiro atoms. The van der Waals surface area contributed by atoms with Crippen LogP contribution in [0.3, 0.4) is 0 Å². The first-order valence-corrected chi connectivity index (χ1v) is 8.07. The molecule has 2 heterocycles. The number of thiophene rings is 1. The van der Waals surface area contributed by atoms with Crippen LogP contribution in [0.15, 0.2) is 15.9 Å². The molecule has 0 amide bonds. The SMILES string of the molecule is CCCC1CN(Cc2sccc2Br)C(C)CN1. The van der Waals surface area contributed by atoms with Crippen molar-refractivity contribution in [3.63, 3.8) is 0 Å². The maximum Gasteiger partial charge on any atom is 0.0343 e. The Balaban J connectivity index is 1.96. The lowest BCUT2D eigenvalue weighted by Crippen LogP contribution is -2.54. The average molecular weight is 317 g/mol. The van der Waals surface area contributed by atoms with Gasteiger partial charge in [-0.2, -0.15) is 0 Å². The molecule has 1 N–H and O–H groups in total. The van der Waals surface area contributed by atoms with Crippen LogP contribution in [0, 0.1) is 0 Å². The zero-order valence-corrected chi connectivity index (χ0v) is 13.0. The minimum atomic E-state index is 0.636. The summed E-state index contributed by atoms with van der Waals surface area (Å²) in [4.78, 5) is 4.06. The van der Waals surface area contributed by atoms with Crippen LogP contribution in [0.1, 0.15) is 31.6 Å². The van der Waals surface area contributed by atoms with Crippen LogP contribution in [0.25, 0.3) is 0 Å². The second-order valence-corrected chi connectivity index (χ2v) is 6.72. The van der Waals surface area contributed by atoms with Crippen molar-refractivity contribution in [1.82, 2.24) is 10.2 Å². The Labute approximate surface area is 117 Å². The number of rotatable bonds is 4. The van der Waals surface area contributed by atoms with Gasteiger partial charge in [-0.3, -0.25) is 4.90 Å². The third kappa shape index (κ3) is 3.53. The fourth-order valence-corrected chi connectivity index (χ4v) is 3.88. The molecule has 0 aromatic carbocycles. The van der Waals surface area contributed by atoms with E-state index in [1.54, 1.807) is 0 Å². The van der Waals surface area contributed by atoms with Gasteiger partial charge in [-0.05, 0) is 40.7 Å². The summed E-state index contributed by atoms with van der Waals surface area (Å²) in [5.74, 6) is 0. The Morgan fingerprint density at radius 3 is 3.06 bits per heavy atom. The highest BCUT2D eigenvalue weighted by Gasteiger charge is 2.24. The Bertz CT molecular complexity index is 353. The van der Waals surface area contributed by atoms with Gasteiger partial charge in [-0.25, -0.2) is 0 Å². The Kier molecular flexibility index (Phi) is 5.03. The number of hydrogen-bond donors (Lipinski definition) is 1. The highest BCUT2D eigenvalue weighted by molar-refractivity contribution is 9.10. The smallest absolute Gasteiger partial charge is 0.0343 e. The Hall–Kier alpha value is 0.1000. The molecule has 2 rings (SSSR count). The Morgan fingerprint density at radius 2 is 2.41 bits per heavy atom. The summed E-state index contributed by atoms with van der Waals surface area (Å²) in [5, 5.41) is 5.81. The van der Waals surface area contributed by atoms with Crippen LogP contribution in [0.2, 0.25) is 0 Å². The van der Waals surface area contributed by atoms with Gasteiger partial charge in [-0.1, -0.05) is 13.3 Å². The van der Waals surface area contributed by atoms with E-state index in [1.165, 1.54) is 28.7 Å². The van der Waals surface area contributed by atoms with E-state index in [-0.39, 0.29) is 0 Å². The molecular formula is C13H21BrN2S. The highest BCUT2D eigenvalue weighted by Crippen LogP contribution is 2.25. The first kappa shape index (κ1) is 13.5. The first-order valence-electron chi connectivity index (χ1n) is 6.40. The van der Waals surface area contributed by atoms with E-state index in [0.717, 1.165) is 13.1 Å². The molecule has 1 aliphatic rings. The minimum absolute atomic E-state index is 0.636. The number of piperazine rings is 1. The molecule has 0 bridgehead atoms. The summed E-state index contributed by atoms with van der Waals surface area (Å²) in [5.41, 5.74) is 0. The molecule has 0 aliphatic carbocycles. The van der Waals surface area contributed by atoms with Gasteiger partial charge < -0.3 is 5.32 Å². The minimum Gasteiger partial charge on any atom is -0.311 e. The monoisotopic (exact) mass is 316 g/mol. The largest absolute Gasteiger partial charge is 0.311 e. The van der Waals surface area contributed by atoms with Gasteiger partial charge in [-0.15, -0.1) is 11.3 Å². The second kappa shape index (κ2) is 6.32. The molecule has 2 nitrogen and oxygen atoms in total. The lowest BCUT2D eigenvalue weighted by molar-refractivity contribution is 0.130. The van der Waals surface area contributed by atoms with Crippen molar-refractivity contribution in [3.8, 4) is 0 Å². The maximum atomic E-state index is 3.64. The average Bonchev–Trinajstić information content (AvgIpc) is 2.70. The molecule has 4 heteroatoms. The highest BCUT2D eigenvalue weighted by atomic mass is 79.9. The molecule has 0 saturated carbocycles. The fraction of sp³-hybridized carbons (Fsp3) is 0.692.